The fourth-order valence-corrected chi connectivity index (χ4v) is 5.02. The molecule has 0 radical (unpaired) electrons. The van der Waals surface area contributed by atoms with Gasteiger partial charge in [-0.1, -0.05) is 16.8 Å². The van der Waals surface area contributed by atoms with E-state index in [9.17, 15) is 13.2 Å². The van der Waals surface area contributed by atoms with E-state index in [1.165, 1.54) is 13.2 Å². The Morgan fingerprint density at radius 2 is 2.13 bits per heavy atom. The predicted octanol–water partition coefficient (Wildman–Crippen LogP) is 3.18. The van der Waals surface area contributed by atoms with Crippen LogP contribution in [0, 0.1) is 13.8 Å². The number of aryl methyl sites for hydroxylation is 2. The molecule has 0 spiro atoms. The molecular weight excluding hydrogens is 387 g/mol. The number of hydrogen-bond donors (Lipinski definition) is 0. The Labute approximate surface area is 146 Å². The second kappa shape index (κ2) is 6.78. The molecule has 0 N–H and O–H groups in total. The molecular formula is C12H12Cl2N2O5S2. The van der Waals surface area contributed by atoms with Gasteiger partial charge in [0.1, 0.15) is 27.2 Å². The van der Waals surface area contributed by atoms with Crippen molar-refractivity contribution in [2.75, 3.05) is 18.1 Å². The standard InChI is InChI=1S/C12H12Cl2N2O5S2/c1-6-4-8(10(22-6)11(14)17)23(18,19)16(5-20-3)12-9(13)7(2)15-21-12/h4H,5H2,1-3H3. The van der Waals surface area contributed by atoms with Crippen molar-refractivity contribution >= 4 is 55.7 Å². The van der Waals surface area contributed by atoms with Gasteiger partial charge in [-0.25, -0.2) is 12.7 Å². The summed E-state index contributed by atoms with van der Waals surface area (Å²) in [6.45, 7) is 2.86. The van der Waals surface area contributed by atoms with E-state index in [4.69, 9.17) is 32.5 Å². The van der Waals surface area contributed by atoms with Crippen LogP contribution in [0.15, 0.2) is 15.5 Å². The zero-order valence-electron chi connectivity index (χ0n) is 12.3. The lowest BCUT2D eigenvalue weighted by molar-refractivity contribution is 0.108. The Balaban J connectivity index is 2.63. The monoisotopic (exact) mass is 398 g/mol. The molecule has 0 amide bonds. The summed E-state index contributed by atoms with van der Waals surface area (Å²) in [5, 5.41) is 2.81. The number of rotatable bonds is 6. The maximum atomic E-state index is 12.9. The first-order valence-corrected chi connectivity index (χ1v) is 9.15. The molecule has 7 nitrogen and oxygen atoms in total. The molecule has 0 aliphatic heterocycles. The van der Waals surface area contributed by atoms with Crippen LogP contribution in [0.25, 0.3) is 0 Å². The van der Waals surface area contributed by atoms with Crippen molar-refractivity contribution in [2.45, 2.75) is 18.7 Å². The van der Waals surface area contributed by atoms with Crippen LogP contribution < -0.4 is 4.31 Å². The molecule has 23 heavy (non-hydrogen) atoms. The molecule has 0 aliphatic rings. The molecule has 0 aromatic carbocycles. The highest BCUT2D eigenvalue weighted by atomic mass is 35.5. The summed E-state index contributed by atoms with van der Waals surface area (Å²) in [6, 6.07) is 1.36. The number of nitrogens with zero attached hydrogens (tertiary/aromatic N) is 2. The largest absolute Gasteiger partial charge is 0.363 e. The number of carbonyl (C=O) groups is 1. The van der Waals surface area contributed by atoms with E-state index < -0.39 is 15.3 Å². The first-order valence-electron chi connectivity index (χ1n) is 6.13. The van der Waals surface area contributed by atoms with E-state index in [-0.39, 0.29) is 27.4 Å². The van der Waals surface area contributed by atoms with Gasteiger partial charge in [0.05, 0.1) is 0 Å². The molecule has 11 heteroatoms. The third kappa shape index (κ3) is 3.38. The number of thiophene rings is 1. The third-order valence-electron chi connectivity index (χ3n) is 2.82. The van der Waals surface area contributed by atoms with Gasteiger partial charge in [0.15, 0.2) is 0 Å². The number of carbonyl (C=O) groups excluding carboxylic acids is 1. The number of anilines is 1. The van der Waals surface area contributed by atoms with E-state index in [2.05, 4.69) is 5.16 Å². The first-order chi connectivity index (χ1) is 10.7. The zero-order valence-corrected chi connectivity index (χ0v) is 15.4. The summed E-state index contributed by atoms with van der Waals surface area (Å²) in [6.07, 6.45) is 0. The molecule has 2 aromatic heterocycles. The smallest absolute Gasteiger partial charge is 0.270 e. The lowest BCUT2D eigenvalue weighted by atomic mass is 10.4. The Bertz CT molecular complexity index is 844. The summed E-state index contributed by atoms with van der Waals surface area (Å²) in [7, 11) is -2.87. The van der Waals surface area contributed by atoms with Crippen LogP contribution in [0.2, 0.25) is 5.02 Å². The number of sulfonamides is 1. The van der Waals surface area contributed by atoms with E-state index >= 15 is 0 Å². The molecule has 0 fully saturated rings. The van der Waals surface area contributed by atoms with Crippen LogP contribution in [-0.2, 0) is 14.8 Å². The summed E-state index contributed by atoms with van der Waals surface area (Å²) >= 11 is 12.5. The van der Waals surface area contributed by atoms with Gasteiger partial charge in [0.2, 0.25) is 0 Å². The van der Waals surface area contributed by atoms with Gasteiger partial charge < -0.3 is 9.26 Å². The van der Waals surface area contributed by atoms with Crippen molar-refractivity contribution in [2.24, 2.45) is 0 Å². The number of ether oxygens (including phenoxy) is 1. The van der Waals surface area contributed by atoms with Crippen molar-refractivity contribution in [3.8, 4) is 0 Å². The molecule has 0 saturated carbocycles. The molecule has 0 saturated heterocycles. The van der Waals surface area contributed by atoms with Gasteiger partial charge >= 0.3 is 0 Å². The average molecular weight is 399 g/mol. The lowest BCUT2D eigenvalue weighted by Crippen LogP contribution is -2.33. The fraction of sp³-hybridized carbons (Fsp3) is 0.333. The summed E-state index contributed by atoms with van der Waals surface area (Å²) in [4.78, 5) is 11.8. The molecule has 0 unspecified atom stereocenters. The molecule has 0 aliphatic carbocycles. The van der Waals surface area contributed by atoms with Gasteiger partial charge in [0.25, 0.3) is 21.1 Å². The predicted molar refractivity (Wildman–Crippen MR) is 87.0 cm³/mol. The van der Waals surface area contributed by atoms with Gasteiger partial charge in [0, 0.05) is 12.0 Å². The highest BCUT2D eigenvalue weighted by Crippen LogP contribution is 2.36. The lowest BCUT2D eigenvalue weighted by Gasteiger charge is -2.20. The minimum Gasteiger partial charge on any atom is -0.363 e. The topological polar surface area (TPSA) is 89.7 Å². The minimum atomic E-state index is -4.18. The maximum absolute atomic E-state index is 12.9. The zero-order chi connectivity index (χ0) is 17.4. The van der Waals surface area contributed by atoms with Crippen LogP contribution in [0.1, 0.15) is 20.2 Å². The third-order valence-corrected chi connectivity index (χ3v) is 6.46. The fourth-order valence-electron chi connectivity index (χ4n) is 1.79. The van der Waals surface area contributed by atoms with Crippen molar-refractivity contribution in [3.63, 3.8) is 0 Å². The number of hydrogen-bond acceptors (Lipinski definition) is 7. The highest BCUT2D eigenvalue weighted by Gasteiger charge is 2.34. The van der Waals surface area contributed by atoms with E-state index in [1.807, 2.05) is 0 Å². The average Bonchev–Trinajstić information content (AvgIpc) is 3.01. The number of methoxy groups -OCH3 is 1. The molecule has 126 valence electrons. The summed E-state index contributed by atoms with van der Waals surface area (Å²) in [5.41, 5.74) is 0.327. The first kappa shape index (κ1) is 18.2. The van der Waals surface area contributed by atoms with Crippen LogP contribution in [0.5, 0.6) is 0 Å². The Morgan fingerprint density at radius 3 is 2.61 bits per heavy atom. The van der Waals surface area contributed by atoms with Gasteiger partial charge in [-0.15, -0.1) is 11.3 Å². The molecule has 2 rings (SSSR count). The van der Waals surface area contributed by atoms with Crippen LogP contribution in [0.3, 0.4) is 0 Å². The van der Waals surface area contributed by atoms with Gasteiger partial charge in [-0.3, -0.25) is 4.79 Å². The summed E-state index contributed by atoms with van der Waals surface area (Å²) < 4.78 is 36.5. The molecule has 2 heterocycles. The minimum absolute atomic E-state index is 0.0383. The van der Waals surface area contributed by atoms with E-state index in [1.54, 1.807) is 13.8 Å². The second-order valence-corrected chi connectivity index (χ2v) is 8.29. The van der Waals surface area contributed by atoms with Crippen molar-refractivity contribution in [1.82, 2.24) is 5.16 Å². The second-order valence-electron chi connectivity index (χ2n) is 4.48. The van der Waals surface area contributed by atoms with Crippen molar-refractivity contribution in [3.05, 3.63) is 26.5 Å². The number of aromatic nitrogens is 1. The Morgan fingerprint density at radius 1 is 1.48 bits per heavy atom. The molecule has 0 atom stereocenters. The molecule has 0 bridgehead atoms. The normalized spacial score (nSPS) is 11.7. The summed E-state index contributed by atoms with van der Waals surface area (Å²) in [5.74, 6) is -0.192. The SMILES string of the molecule is COCN(c1onc(C)c1Cl)S(=O)(=O)c1cc(C)sc1C(=O)Cl. The highest BCUT2D eigenvalue weighted by molar-refractivity contribution is 7.93. The van der Waals surface area contributed by atoms with Crippen LogP contribution >= 0.6 is 34.5 Å². The van der Waals surface area contributed by atoms with Crippen molar-refractivity contribution in [1.29, 1.82) is 0 Å². The van der Waals surface area contributed by atoms with Crippen molar-refractivity contribution < 1.29 is 22.5 Å². The maximum Gasteiger partial charge on any atom is 0.270 e. The van der Waals surface area contributed by atoms with E-state index in [0.717, 1.165) is 15.6 Å². The quantitative estimate of drug-likeness (QED) is 0.548. The van der Waals surface area contributed by atoms with Gasteiger partial charge in [-0.2, -0.15) is 0 Å². The Kier molecular flexibility index (Phi) is 5.37. The Hall–Kier alpha value is -1.13. The van der Waals surface area contributed by atoms with Crippen LogP contribution in [0.4, 0.5) is 5.88 Å². The number of halogens is 2. The van der Waals surface area contributed by atoms with E-state index in [0.29, 0.717) is 10.6 Å². The van der Waals surface area contributed by atoms with Gasteiger partial charge in [-0.05, 0) is 31.5 Å². The molecule has 2 aromatic rings. The van der Waals surface area contributed by atoms with Crippen LogP contribution in [-0.4, -0.2) is 32.7 Å².